The van der Waals surface area contributed by atoms with Crippen molar-refractivity contribution in [2.45, 2.75) is 31.8 Å². The van der Waals surface area contributed by atoms with Crippen molar-refractivity contribution in [1.29, 1.82) is 0 Å². The third kappa shape index (κ3) is 4.42. The van der Waals surface area contributed by atoms with E-state index in [9.17, 15) is 19.1 Å². The van der Waals surface area contributed by atoms with Crippen LogP contribution in [0, 0.1) is 11.7 Å². The Balaban J connectivity index is 1.85. The van der Waals surface area contributed by atoms with Crippen molar-refractivity contribution in [2.75, 3.05) is 11.9 Å². The number of amides is 2. The van der Waals surface area contributed by atoms with Crippen LogP contribution >= 0.6 is 11.6 Å². The Kier molecular flexibility index (Phi) is 5.74. The predicted molar refractivity (Wildman–Crippen MR) is 81.0 cm³/mol. The molecule has 7 heteroatoms. The largest absolute Gasteiger partial charge is 0.393 e. The van der Waals surface area contributed by atoms with Gasteiger partial charge in [0.1, 0.15) is 5.82 Å². The predicted octanol–water partition coefficient (Wildman–Crippen LogP) is 2.08. The first-order chi connectivity index (χ1) is 10.5. The minimum absolute atomic E-state index is 0.0437. The summed E-state index contributed by atoms with van der Waals surface area (Å²) < 4.78 is 13.5. The molecule has 1 aliphatic carbocycles. The fraction of sp³-hybridized carbons (Fsp3) is 0.467. The number of aliphatic hydroxyl groups excluding tert-OH is 1. The van der Waals surface area contributed by atoms with E-state index in [0.29, 0.717) is 6.42 Å². The molecule has 0 heterocycles. The lowest BCUT2D eigenvalue weighted by molar-refractivity contribution is -0.136. The van der Waals surface area contributed by atoms with E-state index in [1.165, 1.54) is 12.1 Å². The zero-order valence-electron chi connectivity index (χ0n) is 11.9. The fourth-order valence-electron chi connectivity index (χ4n) is 2.50. The Morgan fingerprint density at radius 2 is 2.00 bits per heavy atom. The number of nitrogens with one attached hydrogen (secondary N) is 2. The molecule has 1 aliphatic rings. The van der Waals surface area contributed by atoms with Gasteiger partial charge in [0.05, 0.1) is 11.8 Å². The summed E-state index contributed by atoms with van der Waals surface area (Å²) in [6.45, 7) is 0.233. The number of carbonyl (C=O) groups excluding carboxylic acids is 2. The van der Waals surface area contributed by atoms with E-state index in [4.69, 9.17) is 11.6 Å². The molecule has 22 heavy (non-hydrogen) atoms. The molecular weight excluding hydrogens is 311 g/mol. The molecule has 2 atom stereocenters. The van der Waals surface area contributed by atoms with Gasteiger partial charge >= 0.3 is 11.8 Å². The van der Waals surface area contributed by atoms with E-state index in [1.807, 2.05) is 0 Å². The van der Waals surface area contributed by atoms with E-state index in [2.05, 4.69) is 10.6 Å². The Morgan fingerprint density at radius 1 is 1.27 bits per heavy atom. The number of anilines is 1. The highest BCUT2D eigenvalue weighted by Crippen LogP contribution is 2.23. The van der Waals surface area contributed by atoms with Gasteiger partial charge in [-0.15, -0.1) is 0 Å². The number of hydrogen-bond acceptors (Lipinski definition) is 3. The molecule has 1 fully saturated rings. The maximum absolute atomic E-state index is 13.5. The maximum atomic E-state index is 13.5. The number of aliphatic hydroxyl groups is 1. The van der Waals surface area contributed by atoms with Crippen LogP contribution in [-0.4, -0.2) is 29.6 Å². The van der Waals surface area contributed by atoms with Gasteiger partial charge in [0.25, 0.3) is 0 Å². The van der Waals surface area contributed by atoms with Crippen molar-refractivity contribution in [2.24, 2.45) is 5.92 Å². The highest BCUT2D eigenvalue weighted by atomic mass is 35.5. The summed E-state index contributed by atoms with van der Waals surface area (Å²) in [6.07, 6.45) is 3.05. The molecule has 1 aromatic rings. The van der Waals surface area contributed by atoms with Crippen LogP contribution in [0.15, 0.2) is 18.2 Å². The van der Waals surface area contributed by atoms with E-state index >= 15 is 0 Å². The molecule has 1 aromatic carbocycles. The van der Waals surface area contributed by atoms with E-state index in [1.54, 1.807) is 0 Å². The zero-order valence-corrected chi connectivity index (χ0v) is 12.7. The Bertz CT molecular complexity index is 568. The molecule has 0 unspecified atom stereocenters. The maximum Gasteiger partial charge on any atom is 0.313 e. The topological polar surface area (TPSA) is 78.4 Å². The Hall–Kier alpha value is -1.66. The van der Waals surface area contributed by atoms with Crippen LogP contribution in [0.4, 0.5) is 10.1 Å². The molecule has 0 bridgehead atoms. The highest BCUT2D eigenvalue weighted by molar-refractivity contribution is 6.39. The number of hydrogen-bond donors (Lipinski definition) is 3. The van der Waals surface area contributed by atoms with Gasteiger partial charge in [0.15, 0.2) is 0 Å². The van der Waals surface area contributed by atoms with E-state index in [-0.39, 0.29) is 23.2 Å². The smallest absolute Gasteiger partial charge is 0.313 e. The molecule has 0 aromatic heterocycles. The van der Waals surface area contributed by atoms with Gasteiger partial charge in [0, 0.05) is 17.5 Å². The Labute approximate surface area is 132 Å². The van der Waals surface area contributed by atoms with Crippen molar-refractivity contribution in [3.05, 3.63) is 29.0 Å². The molecule has 0 spiro atoms. The molecule has 0 saturated heterocycles. The lowest BCUT2D eigenvalue weighted by Gasteiger charge is -2.27. The first-order valence-electron chi connectivity index (χ1n) is 7.19. The zero-order chi connectivity index (χ0) is 16.1. The summed E-state index contributed by atoms with van der Waals surface area (Å²) in [6, 6.07) is 3.75. The molecule has 2 amide bonds. The van der Waals surface area contributed by atoms with Crippen molar-refractivity contribution in [1.82, 2.24) is 5.32 Å². The van der Waals surface area contributed by atoms with Gasteiger partial charge in [0.2, 0.25) is 0 Å². The minimum atomic E-state index is -0.952. The standard InChI is InChI=1S/C15H18ClFN2O3/c16-10-5-6-12(11(17)7-10)19-15(22)14(21)18-8-9-3-1-2-4-13(9)20/h5-7,9,13,20H,1-4,8H2,(H,18,21)(H,19,22)/t9-,13+/m1/s1. The van der Waals surface area contributed by atoms with Crippen LogP contribution in [0.5, 0.6) is 0 Å². The summed E-state index contributed by atoms with van der Waals surface area (Å²) in [7, 11) is 0. The second kappa shape index (κ2) is 7.56. The fourth-order valence-corrected chi connectivity index (χ4v) is 2.66. The van der Waals surface area contributed by atoms with Crippen LogP contribution in [0.3, 0.4) is 0 Å². The minimum Gasteiger partial charge on any atom is -0.393 e. The highest BCUT2D eigenvalue weighted by Gasteiger charge is 2.24. The third-order valence-electron chi connectivity index (χ3n) is 3.78. The lowest BCUT2D eigenvalue weighted by Crippen LogP contribution is -2.41. The van der Waals surface area contributed by atoms with E-state index < -0.39 is 23.7 Å². The van der Waals surface area contributed by atoms with E-state index in [0.717, 1.165) is 25.3 Å². The van der Waals surface area contributed by atoms with Crippen LogP contribution < -0.4 is 10.6 Å². The SMILES string of the molecule is O=C(NC[C@H]1CCCC[C@@H]1O)C(=O)Nc1ccc(Cl)cc1F. The molecule has 3 N–H and O–H groups in total. The normalized spacial score (nSPS) is 21.2. The lowest BCUT2D eigenvalue weighted by atomic mass is 9.86. The summed E-state index contributed by atoms with van der Waals surface area (Å²) in [5.41, 5.74) is -0.109. The molecule has 5 nitrogen and oxygen atoms in total. The van der Waals surface area contributed by atoms with Gasteiger partial charge in [-0.1, -0.05) is 24.4 Å². The van der Waals surface area contributed by atoms with Crippen molar-refractivity contribution >= 4 is 29.1 Å². The third-order valence-corrected chi connectivity index (χ3v) is 4.01. The average molecular weight is 329 g/mol. The molecule has 120 valence electrons. The number of benzene rings is 1. The number of rotatable bonds is 3. The van der Waals surface area contributed by atoms with Gasteiger partial charge < -0.3 is 15.7 Å². The quantitative estimate of drug-likeness (QED) is 0.743. The van der Waals surface area contributed by atoms with Gasteiger partial charge in [-0.05, 0) is 31.0 Å². The summed E-state index contributed by atoms with van der Waals surface area (Å²) in [5, 5.41) is 14.7. The summed E-state index contributed by atoms with van der Waals surface area (Å²) in [4.78, 5) is 23.4. The molecule has 0 radical (unpaired) electrons. The van der Waals surface area contributed by atoms with Crippen LogP contribution in [-0.2, 0) is 9.59 Å². The molecule has 1 saturated carbocycles. The van der Waals surface area contributed by atoms with Crippen LogP contribution in [0.25, 0.3) is 0 Å². The van der Waals surface area contributed by atoms with Crippen molar-refractivity contribution in [3.63, 3.8) is 0 Å². The first-order valence-corrected chi connectivity index (χ1v) is 7.57. The van der Waals surface area contributed by atoms with Crippen LogP contribution in [0.1, 0.15) is 25.7 Å². The number of carbonyl (C=O) groups is 2. The second-order valence-electron chi connectivity index (χ2n) is 5.40. The number of halogens is 2. The average Bonchev–Trinajstić information content (AvgIpc) is 2.49. The molecule has 2 rings (SSSR count). The summed E-state index contributed by atoms with van der Waals surface area (Å²) in [5.74, 6) is -2.56. The van der Waals surface area contributed by atoms with Crippen LogP contribution in [0.2, 0.25) is 5.02 Å². The van der Waals surface area contributed by atoms with Gasteiger partial charge in [-0.2, -0.15) is 0 Å². The Morgan fingerprint density at radius 3 is 2.68 bits per heavy atom. The van der Waals surface area contributed by atoms with Crippen molar-refractivity contribution in [3.8, 4) is 0 Å². The van der Waals surface area contributed by atoms with Crippen molar-refractivity contribution < 1.29 is 19.1 Å². The van der Waals surface area contributed by atoms with Gasteiger partial charge in [-0.25, -0.2) is 4.39 Å². The first kappa shape index (κ1) is 16.7. The monoisotopic (exact) mass is 328 g/mol. The molecular formula is C15H18ClFN2O3. The summed E-state index contributed by atoms with van der Waals surface area (Å²) >= 11 is 5.61. The molecule has 0 aliphatic heterocycles. The van der Waals surface area contributed by atoms with Gasteiger partial charge in [-0.3, -0.25) is 9.59 Å². The second-order valence-corrected chi connectivity index (χ2v) is 5.84.